The Labute approximate surface area is 114 Å². The maximum Gasteiger partial charge on any atom is 0.119 e. The minimum Gasteiger partial charge on any atom is -0.497 e. The molecule has 18 heavy (non-hydrogen) atoms. The predicted octanol–water partition coefficient (Wildman–Crippen LogP) is 2.46. The lowest BCUT2D eigenvalue weighted by Crippen LogP contribution is -2.20. The van der Waals surface area contributed by atoms with Gasteiger partial charge in [-0.25, -0.2) is 0 Å². The zero-order valence-electron chi connectivity index (χ0n) is 11.3. The molecule has 0 aromatic heterocycles. The van der Waals surface area contributed by atoms with Crippen molar-refractivity contribution in [3.05, 3.63) is 29.8 Å². The van der Waals surface area contributed by atoms with Gasteiger partial charge in [-0.3, -0.25) is 0 Å². The number of benzene rings is 1. The zero-order chi connectivity index (χ0) is 13.4. The van der Waals surface area contributed by atoms with Crippen LogP contribution in [0.2, 0.25) is 0 Å². The fraction of sp³-hybridized carbons (Fsp3) is 0.571. The van der Waals surface area contributed by atoms with E-state index < -0.39 is 0 Å². The van der Waals surface area contributed by atoms with Crippen molar-refractivity contribution < 1.29 is 9.84 Å². The molecule has 2 N–H and O–H groups in total. The van der Waals surface area contributed by atoms with Gasteiger partial charge in [0.05, 0.1) is 7.11 Å². The molecule has 1 aromatic carbocycles. The minimum absolute atomic E-state index is 0.261. The summed E-state index contributed by atoms with van der Waals surface area (Å²) in [5, 5.41) is 12.7. The van der Waals surface area contributed by atoms with Crippen molar-refractivity contribution in [1.82, 2.24) is 5.32 Å². The smallest absolute Gasteiger partial charge is 0.119 e. The second-order valence-corrected chi connectivity index (χ2v) is 5.75. The van der Waals surface area contributed by atoms with E-state index in [9.17, 15) is 0 Å². The lowest BCUT2D eigenvalue weighted by atomic mass is 10.1. The highest BCUT2D eigenvalue weighted by molar-refractivity contribution is 7.99. The van der Waals surface area contributed by atoms with Crippen LogP contribution in [0.1, 0.15) is 24.9 Å². The molecule has 0 fully saturated rings. The Bertz CT molecular complexity index is 346. The SMILES string of the molecule is CNC(CSC(C)CCO)c1cccc(OC)c1. The molecule has 0 saturated carbocycles. The van der Waals surface area contributed by atoms with Crippen LogP contribution in [0.4, 0.5) is 0 Å². The van der Waals surface area contributed by atoms with Gasteiger partial charge in [0.2, 0.25) is 0 Å². The van der Waals surface area contributed by atoms with E-state index in [0.717, 1.165) is 17.9 Å². The van der Waals surface area contributed by atoms with Crippen molar-refractivity contribution in [2.24, 2.45) is 0 Å². The number of thioether (sulfide) groups is 1. The Kier molecular flexibility index (Phi) is 7.16. The zero-order valence-corrected chi connectivity index (χ0v) is 12.2. The molecule has 2 unspecified atom stereocenters. The third-order valence-electron chi connectivity index (χ3n) is 2.93. The third-order valence-corrected chi connectivity index (χ3v) is 4.26. The first-order chi connectivity index (χ1) is 8.71. The van der Waals surface area contributed by atoms with Crippen LogP contribution in [0, 0.1) is 0 Å². The molecule has 1 aromatic rings. The molecule has 0 bridgehead atoms. The number of hydrogen-bond donors (Lipinski definition) is 2. The van der Waals surface area contributed by atoms with Gasteiger partial charge in [0.15, 0.2) is 0 Å². The average Bonchev–Trinajstić information content (AvgIpc) is 2.40. The number of rotatable bonds is 8. The molecule has 0 aliphatic rings. The van der Waals surface area contributed by atoms with Gasteiger partial charge < -0.3 is 15.2 Å². The first-order valence-electron chi connectivity index (χ1n) is 6.25. The van der Waals surface area contributed by atoms with Crippen molar-refractivity contribution in [2.75, 3.05) is 26.5 Å². The third kappa shape index (κ3) is 4.88. The summed E-state index contributed by atoms with van der Waals surface area (Å²) in [5.74, 6) is 1.88. The summed E-state index contributed by atoms with van der Waals surface area (Å²) in [4.78, 5) is 0. The van der Waals surface area contributed by atoms with E-state index in [1.165, 1.54) is 5.56 Å². The van der Waals surface area contributed by atoms with Crippen molar-refractivity contribution >= 4 is 11.8 Å². The van der Waals surface area contributed by atoms with Crippen molar-refractivity contribution in [3.8, 4) is 5.75 Å². The predicted molar refractivity (Wildman–Crippen MR) is 78.4 cm³/mol. The molecule has 4 heteroatoms. The Balaban J connectivity index is 2.59. The van der Waals surface area contributed by atoms with Gasteiger partial charge in [-0.15, -0.1) is 0 Å². The Hall–Kier alpha value is -0.710. The summed E-state index contributed by atoms with van der Waals surface area (Å²) < 4.78 is 5.25. The van der Waals surface area contributed by atoms with Gasteiger partial charge in [0.25, 0.3) is 0 Å². The van der Waals surface area contributed by atoms with Gasteiger partial charge in [0.1, 0.15) is 5.75 Å². The van der Waals surface area contributed by atoms with Crippen LogP contribution in [-0.2, 0) is 0 Å². The van der Waals surface area contributed by atoms with Gasteiger partial charge in [-0.05, 0) is 31.2 Å². The standard InChI is InChI=1S/C14H23NO2S/c1-11(7-8-16)18-10-14(15-2)12-5-4-6-13(9-12)17-3/h4-6,9,11,14-16H,7-8,10H2,1-3H3. The molecule has 0 radical (unpaired) electrons. The highest BCUT2D eigenvalue weighted by Crippen LogP contribution is 2.24. The summed E-state index contributed by atoms with van der Waals surface area (Å²) in [5.41, 5.74) is 1.24. The van der Waals surface area contributed by atoms with Crippen LogP contribution < -0.4 is 10.1 Å². The Morgan fingerprint density at radius 3 is 2.83 bits per heavy atom. The maximum atomic E-state index is 8.90. The summed E-state index contributed by atoms with van der Waals surface area (Å²) in [6.07, 6.45) is 0.846. The van der Waals surface area contributed by atoms with Crippen LogP contribution in [0.25, 0.3) is 0 Å². The number of aliphatic hydroxyl groups is 1. The average molecular weight is 269 g/mol. The first-order valence-corrected chi connectivity index (χ1v) is 7.29. The van der Waals surface area contributed by atoms with Crippen LogP contribution in [0.5, 0.6) is 5.75 Å². The Morgan fingerprint density at radius 2 is 2.22 bits per heavy atom. The van der Waals surface area contributed by atoms with Crippen molar-refractivity contribution in [3.63, 3.8) is 0 Å². The van der Waals surface area contributed by atoms with E-state index in [2.05, 4.69) is 24.4 Å². The molecule has 0 spiro atoms. The van der Waals surface area contributed by atoms with E-state index in [0.29, 0.717) is 11.3 Å². The summed E-state index contributed by atoms with van der Waals surface area (Å²) in [6.45, 7) is 2.41. The van der Waals surface area contributed by atoms with Gasteiger partial charge in [-0.1, -0.05) is 19.1 Å². The Morgan fingerprint density at radius 1 is 1.44 bits per heavy atom. The molecule has 0 heterocycles. The second kappa shape index (κ2) is 8.40. The molecule has 1 rings (SSSR count). The molecule has 2 atom stereocenters. The van der Waals surface area contributed by atoms with Crippen molar-refractivity contribution in [2.45, 2.75) is 24.6 Å². The lowest BCUT2D eigenvalue weighted by Gasteiger charge is -2.19. The summed E-state index contributed by atoms with van der Waals surface area (Å²) in [6, 6.07) is 8.46. The van der Waals surface area contributed by atoms with Crippen LogP contribution in [0.3, 0.4) is 0 Å². The summed E-state index contributed by atoms with van der Waals surface area (Å²) in [7, 11) is 3.66. The van der Waals surface area contributed by atoms with Gasteiger partial charge in [0, 0.05) is 23.7 Å². The van der Waals surface area contributed by atoms with Gasteiger partial charge in [-0.2, -0.15) is 11.8 Å². The maximum absolute atomic E-state index is 8.90. The molecule has 0 amide bonds. The highest BCUT2D eigenvalue weighted by Gasteiger charge is 2.12. The second-order valence-electron chi connectivity index (χ2n) is 4.27. The lowest BCUT2D eigenvalue weighted by molar-refractivity contribution is 0.289. The number of ether oxygens (including phenoxy) is 1. The van der Waals surface area contributed by atoms with E-state index in [4.69, 9.17) is 9.84 Å². The van der Waals surface area contributed by atoms with Crippen LogP contribution in [-0.4, -0.2) is 36.9 Å². The topological polar surface area (TPSA) is 41.5 Å². The van der Waals surface area contributed by atoms with E-state index in [1.54, 1.807) is 7.11 Å². The molecule has 3 nitrogen and oxygen atoms in total. The van der Waals surface area contributed by atoms with Gasteiger partial charge >= 0.3 is 0 Å². The normalized spacial score (nSPS) is 14.2. The molecule has 102 valence electrons. The van der Waals surface area contributed by atoms with Crippen molar-refractivity contribution in [1.29, 1.82) is 0 Å². The number of methoxy groups -OCH3 is 1. The molecule has 0 aliphatic carbocycles. The monoisotopic (exact) mass is 269 g/mol. The number of nitrogens with one attached hydrogen (secondary N) is 1. The van der Waals surface area contributed by atoms with Crippen LogP contribution >= 0.6 is 11.8 Å². The molecular weight excluding hydrogens is 246 g/mol. The first kappa shape index (κ1) is 15.3. The van der Waals surface area contributed by atoms with E-state index in [-0.39, 0.29) is 6.61 Å². The summed E-state index contributed by atoms with van der Waals surface area (Å²) >= 11 is 1.88. The van der Waals surface area contributed by atoms with E-state index in [1.807, 2.05) is 30.9 Å². The molecule has 0 saturated heterocycles. The molecular formula is C14H23NO2S. The largest absolute Gasteiger partial charge is 0.497 e. The quantitative estimate of drug-likeness (QED) is 0.761. The highest BCUT2D eigenvalue weighted by atomic mass is 32.2. The molecule has 0 aliphatic heterocycles. The minimum atomic E-state index is 0.261. The van der Waals surface area contributed by atoms with Crippen LogP contribution in [0.15, 0.2) is 24.3 Å². The fourth-order valence-electron chi connectivity index (χ4n) is 1.73. The number of aliphatic hydroxyl groups excluding tert-OH is 1. The number of hydrogen-bond acceptors (Lipinski definition) is 4. The van der Waals surface area contributed by atoms with E-state index >= 15 is 0 Å². The fourth-order valence-corrected chi connectivity index (χ4v) is 2.88.